The lowest BCUT2D eigenvalue weighted by Gasteiger charge is -2.15. The molecule has 0 aliphatic heterocycles. The Morgan fingerprint density at radius 2 is 1.96 bits per heavy atom. The lowest BCUT2D eigenvalue weighted by molar-refractivity contribution is 0.336. The monoisotopic (exact) mass is 478 g/mol. The van der Waals surface area contributed by atoms with Gasteiger partial charge in [0.05, 0.1) is 24.8 Å². The van der Waals surface area contributed by atoms with E-state index in [1.54, 1.807) is 6.07 Å². The quantitative estimate of drug-likeness (QED) is 0.357. The maximum absolute atomic E-state index is 9.00. The van der Waals surface area contributed by atoms with Gasteiger partial charge in [-0.2, -0.15) is 5.26 Å². The van der Waals surface area contributed by atoms with Crippen LogP contribution in [0.15, 0.2) is 47.5 Å². The molecule has 2 aromatic carbocycles. The molecule has 0 bridgehead atoms. The van der Waals surface area contributed by atoms with E-state index < -0.39 is 0 Å². The first-order valence-electron chi connectivity index (χ1n) is 8.89. The molecule has 5 nitrogen and oxygen atoms in total. The van der Waals surface area contributed by atoms with Crippen LogP contribution in [-0.4, -0.2) is 19.1 Å². The van der Waals surface area contributed by atoms with Gasteiger partial charge in [0.2, 0.25) is 0 Å². The summed E-state index contributed by atoms with van der Waals surface area (Å²) in [4.78, 5) is 4.61. The third-order valence-corrected chi connectivity index (χ3v) is 3.79. The Balaban J connectivity index is 0.00000364. The van der Waals surface area contributed by atoms with Crippen molar-refractivity contribution in [1.82, 2.24) is 10.6 Å². The molecule has 0 saturated heterocycles. The Labute approximate surface area is 178 Å². The fourth-order valence-corrected chi connectivity index (χ4v) is 2.53. The van der Waals surface area contributed by atoms with Crippen LogP contribution in [0.1, 0.15) is 36.1 Å². The van der Waals surface area contributed by atoms with E-state index in [4.69, 9.17) is 10.00 Å². The summed E-state index contributed by atoms with van der Waals surface area (Å²) >= 11 is 0. The number of hydrogen-bond donors (Lipinski definition) is 2. The molecule has 2 N–H and O–H groups in total. The molecule has 0 atom stereocenters. The van der Waals surface area contributed by atoms with Gasteiger partial charge >= 0.3 is 0 Å². The van der Waals surface area contributed by atoms with Gasteiger partial charge in [0, 0.05) is 18.7 Å². The van der Waals surface area contributed by atoms with Crippen LogP contribution in [0.2, 0.25) is 0 Å². The summed E-state index contributed by atoms with van der Waals surface area (Å²) in [6.45, 7) is 8.62. The van der Waals surface area contributed by atoms with Crippen LogP contribution >= 0.6 is 24.0 Å². The van der Waals surface area contributed by atoms with Gasteiger partial charge in [-0.05, 0) is 50.1 Å². The zero-order chi connectivity index (χ0) is 18.8. The van der Waals surface area contributed by atoms with Crippen molar-refractivity contribution in [2.45, 2.75) is 33.9 Å². The van der Waals surface area contributed by atoms with Crippen LogP contribution in [0.3, 0.4) is 0 Å². The van der Waals surface area contributed by atoms with Gasteiger partial charge in [0.25, 0.3) is 0 Å². The van der Waals surface area contributed by atoms with Crippen LogP contribution in [0.4, 0.5) is 0 Å². The minimum absolute atomic E-state index is 0. The van der Waals surface area contributed by atoms with Gasteiger partial charge in [-0.15, -0.1) is 24.0 Å². The van der Waals surface area contributed by atoms with Crippen LogP contribution < -0.4 is 15.4 Å². The summed E-state index contributed by atoms with van der Waals surface area (Å²) in [5, 5.41) is 15.6. The van der Waals surface area contributed by atoms with E-state index in [1.807, 2.05) is 32.0 Å². The molecule has 0 aliphatic rings. The number of nitrogens with one attached hydrogen (secondary N) is 2. The summed E-state index contributed by atoms with van der Waals surface area (Å²) in [7, 11) is 0. The maximum Gasteiger partial charge on any atom is 0.191 e. The predicted molar refractivity (Wildman–Crippen MR) is 121 cm³/mol. The van der Waals surface area contributed by atoms with Crippen LogP contribution in [0.5, 0.6) is 5.75 Å². The van der Waals surface area contributed by atoms with Crippen molar-refractivity contribution < 1.29 is 4.74 Å². The lowest BCUT2D eigenvalue weighted by Crippen LogP contribution is -2.36. The number of rotatable bonds is 7. The first kappa shape index (κ1) is 22.8. The van der Waals surface area contributed by atoms with Crippen molar-refractivity contribution in [1.29, 1.82) is 5.26 Å². The Bertz CT molecular complexity index is 799. The molecule has 2 aromatic rings. The largest absolute Gasteiger partial charge is 0.494 e. The normalized spacial score (nSPS) is 10.5. The molecular weight excluding hydrogens is 451 g/mol. The second-order valence-electron chi connectivity index (χ2n) is 5.91. The molecule has 0 fully saturated rings. The Morgan fingerprint density at radius 1 is 1.15 bits per heavy atom. The zero-order valence-electron chi connectivity index (χ0n) is 16.1. The number of aliphatic imine (C=N–C) groups is 1. The minimum Gasteiger partial charge on any atom is -0.494 e. The summed E-state index contributed by atoms with van der Waals surface area (Å²) in [6, 6.07) is 15.9. The Hall–Kier alpha value is -2.27. The third-order valence-electron chi connectivity index (χ3n) is 3.79. The van der Waals surface area contributed by atoms with Crippen molar-refractivity contribution in [3.8, 4) is 11.8 Å². The maximum atomic E-state index is 9.00. The first-order chi connectivity index (χ1) is 12.7. The highest BCUT2D eigenvalue weighted by Crippen LogP contribution is 2.20. The van der Waals surface area contributed by atoms with Crippen LogP contribution in [0, 0.1) is 18.3 Å². The summed E-state index contributed by atoms with van der Waals surface area (Å²) in [5.41, 5.74) is 3.92. The number of nitrogens with zero attached hydrogens (tertiary/aromatic N) is 2. The van der Waals surface area contributed by atoms with Crippen molar-refractivity contribution in [3.05, 3.63) is 64.7 Å². The Kier molecular flexibility index (Phi) is 10.3. The van der Waals surface area contributed by atoms with Gasteiger partial charge in [-0.1, -0.05) is 24.3 Å². The number of hydrogen-bond acceptors (Lipinski definition) is 3. The standard InChI is InChI=1S/C21H26N4O.HI/c1-4-23-21(24-14-18-8-6-7-17(12-18)13-22)25-15-19-10-9-16(3)11-20(19)26-5-2;/h6-12H,4-5,14-15H2,1-3H3,(H2,23,24,25);1H. The van der Waals surface area contributed by atoms with Gasteiger partial charge in [-0.25, -0.2) is 4.99 Å². The number of guanidine groups is 1. The molecule has 0 aliphatic carbocycles. The van der Waals surface area contributed by atoms with Gasteiger partial charge in [0.15, 0.2) is 5.96 Å². The highest BCUT2D eigenvalue weighted by atomic mass is 127. The molecular formula is C21H27IN4O. The first-order valence-corrected chi connectivity index (χ1v) is 8.89. The molecule has 0 heterocycles. The summed E-state index contributed by atoms with van der Waals surface area (Å²) in [6.07, 6.45) is 0. The van der Waals surface area contributed by atoms with Crippen molar-refractivity contribution in [2.24, 2.45) is 4.99 Å². The minimum atomic E-state index is 0. The van der Waals surface area contributed by atoms with Crippen molar-refractivity contribution >= 4 is 29.9 Å². The Morgan fingerprint density at radius 3 is 2.67 bits per heavy atom. The highest BCUT2D eigenvalue weighted by molar-refractivity contribution is 14.0. The molecule has 0 unspecified atom stereocenters. The summed E-state index contributed by atoms with van der Waals surface area (Å²) in [5.74, 6) is 1.63. The molecule has 0 radical (unpaired) electrons. The topological polar surface area (TPSA) is 69.4 Å². The van der Waals surface area contributed by atoms with E-state index in [2.05, 4.69) is 46.8 Å². The van der Waals surface area contributed by atoms with E-state index in [1.165, 1.54) is 5.56 Å². The number of halogens is 1. The lowest BCUT2D eigenvalue weighted by atomic mass is 10.1. The van der Waals surface area contributed by atoms with E-state index in [0.29, 0.717) is 25.3 Å². The molecule has 144 valence electrons. The van der Waals surface area contributed by atoms with E-state index >= 15 is 0 Å². The van der Waals surface area contributed by atoms with Crippen molar-refractivity contribution in [3.63, 3.8) is 0 Å². The molecule has 0 aromatic heterocycles. The second kappa shape index (κ2) is 12.2. The molecule has 0 saturated carbocycles. The van der Waals surface area contributed by atoms with Crippen LogP contribution in [-0.2, 0) is 13.1 Å². The highest BCUT2D eigenvalue weighted by Gasteiger charge is 2.05. The van der Waals surface area contributed by atoms with Gasteiger partial charge < -0.3 is 15.4 Å². The molecule has 0 spiro atoms. The number of nitriles is 1. The van der Waals surface area contributed by atoms with E-state index in [-0.39, 0.29) is 24.0 Å². The number of aryl methyl sites for hydroxylation is 1. The van der Waals surface area contributed by atoms with Gasteiger partial charge in [0.1, 0.15) is 5.75 Å². The average molecular weight is 478 g/mol. The zero-order valence-corrected chi connectivity index (χ0v) is 18.4. The fraction of sp³-hybridized carbons (Fsp3) is 0.333. The van der Waals surface area contributed by atoms with E-state index in [9.17, 15) is 0 Å². The molecule has 2 rings (SSSR count). The second-order valence-corrected chi connectivity index (χ2v) is 5.91. The number of ether oxygens (including phenoxy) is 1. The van der Waals surface area contributed by atoms with Crippen LogP contribution in [0.25, 0.3) is 0 Å². The SMILES string of the molecule is CCNC(=NCc1cccc(C#N)c1)NCc1ccc(C)cc1OCC.I. The molecule has 27 heavy (non-hydrogen) atoms. The molecule has 0 amide bonds. The smallest absolute Gasteiger partial charge is 0.191 e. The van der Waals surface area contributed by atoms with Gasteiger partial charge in [-0.3, -0.25) is 0 Å². The van der Waals surface area contributed by atoms with E-state index in [0.717, 1.165) is 29.4 Å². The third kappa shape index (κ3) is 7.47. The molecule has 6 heteroatoms. The predicted octanol–water partition coefficient (Wildman–Crippen LogP) is 4.14. The van der Waals surface area contributed by atoms with Crippen molar-refractivity contribution in [2.75, 3.05) is 13.2 Å². The number of benzene rings is 2. The fourth-order valence-electron chi connectivity index (χ4n) is 2.53. The average Bonchev–Trinajstić information content (AvgIpc) is 2.65. The summed E-state index contributed by atoms with van der Waals surface area (Å²) < 4.78 is 5.73.